The van der Waals surface area contributed by atoms with E-state index in [2.05, 4.69) is 39.4 Å². The molecule has 2 saturated heterocycles. The Morgan fingerprint density at radius 2 is 1.50 bits per heavy atom. The lowest BCUT2D eigenvalue weighted by Crippen LogP contribution is -2.62. The summed E-state index contributed by atoms with van der Waals surface area (Å²) in [5, 5.41) is 9.27. The normalized spacial score (nSPS) is 31.5. The van der Waals surface area contributed by atoms with E-state index in [9.17, 15) is 27.6 Å². The molecule has 0 unspecified atom stereocenters. The SMILES string of the molecule is CC[C@@H]1C[C@]1(NC(=O)[C@@H]1C[C@@]2(CN1C(=O)[C@@H](NC(=O)[C@@H](NC(=O)[C@@H]1CCCN1CC)C1CCCCC1)C(C)C)C(C)(C)C21CCC1)C(=O)NS(=O)(=O)N(C)C(C)(C)C. The molecule has 58 heavy (non-hydrogen) atoms. The monoisotopic (exact) mass is 832 g/mol. The molecule has 6 rings (SSSR count). The molecule has 4 saturated carbocycles. The minimum atomic E-state index is -4.22. The maximum Gasteiger partial charge on any atom is 0.304 e. The van der Waals surface area contributed by atoms with Crippen LogP contribution in [-0.2, 0) is 34.2 Å². The molecule has 15 heteroatoms. The van der Waals surface area contributed by atoms with Crippen LogP contribution in [-0.4, -0.2) is 114 Å². The van der Waals surface area contributed by atoms with Gasteiger partial charge in [-0.2, -0.15) is 12.7 Å². The molecule has 0 radical (unpaired) electrons. The van der Waals surface area contributed by atoms with Crippen LogP contribution in [0.3, 0.4) is 0 Å². The number of rotatable bonds is 14. The van der Waals surface area contributed by atoms with Gasteiger partial charge < -0.3 is 20.9 Å². The molecule has 14 nitrogen and oxygen atoms in total. The molecule has 0 aromatic heterocycles. The molecule has 2 aliphatic heterocycles. The van der Waals surface area contributed by atoms with Gasteiger partial charge in [-0.15, -0.1) is 0 Å². The predicted molar refractivity (Wildman–Crippen MR) is 222 cm³/mol. The fourth-order valence-corrected chi connectivity index (χ4v) is 13.1. The Hall–Kier alpha value is -2.78. The van der Waals surface area contributed by atoms with Crippen molar-refractivity contribution in [3.05, 3.63) is 0 Å². The minimum absolute atomic E-state index is 0.000673. The number of nitrogens with one attached hydrogen (secondary N) is 4. The number of likely N-dealkylation sites (tertiary alicyclic amines) is 2. The first kappa shape index (κ1) is 44.8. The highest BCUT2D eigenvalue weighted by atomic mass is 32.2. The molecule has 0 bridgehead atoms. The Labute approximate surface area is 347 Å². The van der Waals surface area contributed by atoms with E-state index in [0.29, 0.717) is 19.4 Å². The molecule has 7 atom stereocenters. The highest BCUT2D eigenvalue weighted by Crippen LogP contribution is 2.88. The van der Waals surface area contributed by atoms with E-state index >= 15 is 4.79 Å². The van der Waals surface area contributed by atoms with Gasteiger partial charge in [0, 0.05) is 24.5 Å². The van der Waals surface area contributed by atoms with Crippen molar-refractivity contribution in [2.45, 2.75) is 181 Å². The second-order valence-electron chi connectivity index (χ2n) is 20.6. The van der Waals surface area contributed by atoms with Crippen molar-refractivity contribution in [1.82, 2.24) is 34.8 Å². The maximum atomic E-state index is 15.1. The molecule has 2 spiro atoms. The van der Waals surface area contributed by atoms with Crippen LogP contribution in [0.2, 0.25) is 0 Å². The smallest absolute Gasteiger partial charge is 0.304 e. The molecule has 4 aliphatic carbocycles. The minimum Gasteiger partial charge on any atom is -0.343 e. The van der Waals surface area contributed by atoms with Gasteiger partial charge in [0.2, 0.25) is 23.6 Å². The lowest BCUT2D eigenvalue weighted by Gasteiger charge is -2.35. The van der Waals surface area contributed by atoms with Crippen LogP contribution in [0.4, 0.5) is 0 Å². The van der Waals surface area contributed by atoms with Crippen LogP contribution in [0.15, 0.2) is 0 Å². The fraction of sp³-hybridized carbons (Fsp3) is 0.884. The molecule has 6 aliphatic rings. The first-order valence-electron chi connectivity index (χ1n) is 22.3. The quantitative estimate of drug-likeness (QED) is 0.204. The van der Waals surface area contributed by atoms with E-state index in [0.717, 1.165) is 81.6 Å². The summed E-state index contributed by atoms with van der Waals surface area (Å²) in [7, 11) is -2.81. The third kappa shape index (κ3) is 7.49. The summed E-state index contributed by atoms with van der Waals surface area (Å²) in [5.74, 6) is -2.77. The second kappa shape index (κ2) is 15.9. The van der Waals surface area contributed by atoms with E-state index in [4.69, 9.17) is 0 Å². The third-order valence-electron chi connectivity index (χ3n) is 16.3. The van der Waals surface area contributed by atoms with Crippen molar-refractivity contribution in [3.63, 3.8) is 0 Å². The Balaban J connectivity index is 1.26. The summed E-state index contributed by atoms with van der Waals surface area (Å²) < 4.78 is 30.0. The highest BCUT2D eigenvalue weighted by molar-refractivity contribution is 7.87. The molecule has 4 N–H and O–H groups in total. The van der Waals surface area contributed by atoms with Gasteiger partial charge in [-0.1, -0.05) is 73.6 Å². The average molecular weight is 832 g/mol. The number of hydrogen-bond donors (Lipinski definition) is 4. The fourth-order valence-electron chi connectivity index (χ4n) is 11.9. The number of fused-ring (bicyclic) bond motifs is 1. The topological polar surface area (TPSA) is 177 Å². The van der Waals surface area contributed by atoms with E-state index in [1.54, 1.807) is 25.7 Å². The molecular weight excluding hydrogens is 759 g/mol. The lowest BCUT2D eigenvalue weighted by atomic mass is 9.73. The summed E-state index contributed by atoms with van der Waals surface area (Å²) in [4.78, 5) is 75.7. The van der Waals surface area contributed by atoms with Crippen LogP contribution < -0.4 is 20.7 Å². The highest BCUT2D eigenvalue weighted by Gasteiger charge is 2.85. The van der Waals surface area contributed by atoms with Crippen molar-refractivity contribution in [2.24, 2.45) is 34.0 Å². The second-order valence-corrected chi connectivity index (χ2v) is 22.3. The zero-order valence-electron chi connectivity index (χ0n) is 37.0. The van der Waals surface area contributed by atoms with Crippen LogP contribution in [0.5, 0.6) is 0 Å². The Bertz CT molecular complexity index is 1740. The summed E-state index contributed by atoms with van der Waals surface area (Å²) in [6, 6.07) is -2.94. The van der Waals surface area contributed by atoms with Crippen LogP contribution in [0, 0.1) is 34.0 Å². The van der Waals surface area contributed by atoms with Crippen LogP contribution >= 0.6 is 0 Å². The van der Waals surface area contributed by atoms with Crippen molar-refractivity contribution >= 4 is 39.7 Å². The van der Waals surface area contributed by atoms with Gasteiger partial charge in [0.05, 0.1) is 6.04 Å². The van der Waals surface area contributed by atoms with Gasteiger partial charge in [0.25, 0.3) is 5.91 Å². The van der Waals surface area contributed by atoms with Gasteiger partial charge in [0.1, 0.15) is 23.7 Å². The number of amides is 5. The number of likely N-dealkylation sites (N-methyl/N-ethyl adjacent to an activating group) is 1. The summed E-state index contributed by atoms with van der Waals surface area (Å²) in [5.41, 5.74) is -2.66. The van der Waals surface area contributed by atoms with Gasteiger partial charge >= 0.3 is 10.2 Å². The van der Waals surface area contributed by atoms with E-state index in [1.165, 1.54) is 7.05 Å². The van der Waals surface area contributed by atoms with Gasteiger partial charge in [-0.25, -0.2) is 4.72 Å². The molecule has 6 fully saturated rings. The summed E-state index contributed by atoms with van der Waals surface area (Å²) in [6.07, 6.45) is 10.7. The predicted octanol–water partition coefficient (Wildman–Crippen LogP) is 3.85. The standard InChI is InChI=1S/C43H73N7O7S/c1-11-29-24-43(29,38(55)47-58(56,57)48(10)39(5,6)7)46-35(52)31-25-42(40(8,9)41(42)21-17-22-41)26-50(31)37(54)32(27(3)4)44-36(53)33(28-18-14-13-15-19-28)45-34(51)30-20-16-23-49(30)12-2/h27-33H,11-26H2,1-10H3,(H,44,53)(H,45,51)(H,46,52)(H,47,55)/t29-,30+,31+,32+,33+,42-,43-/m1/s1. The average Bonchev–Trinajstić information content (AvgIpc) is 3.66. The molecular formula is C43H73N7O7S. The summed E-state index contributed by atoms with van der Waals surface area (Å²) >= 11 is 0. The van der Waals surface area contributed by atoms with Gasteiger partial charge in [-0.05, 0) is 114 Å². The molecule has 328 valence electrons. The molecule has 0 aromatic carbocycles. The van der Waals surface area contributed by atoms with Crippen molar-refractivity contribution in [3.8, 4) is 0 Å². The number of carbonyl (C=O) groups is 5. The lowest BCUT2D eigenvalue weighted by molar-refractivity contribution is -0.144. The van der Waals surface area contributed by atoms with Gasteiger partial charge in [-0.3, -0.25) is 28.9 Å². The van der Waals surface area contributed by atoms with Crippen LogP contribution in [0.1, 0.15) is 146 Å². The van der Waals surface area contributed by atoms with E-state index in [1.807, 2.05) is 27.7 Å². The zero-order chi connectivity index (χ0) is 42.8. The molecule has 2 heterocycles. The largest absolute Gasteiger partial charge is 0.343 e. The molecule has 5 amide bonds. The zero-order valence-corrected chi connectivity index (χ0v) is 37.8. The summed E-state index contributed by atoms with van der Waals surface area (Å²) in [6.45, 7) is 19.3. The Kier molecular flexibility index (Phi) is 12.3. The van der Waals surface area contributed by atoms with Crippen molar-refractivity contribution in [2.75, 3.05) is 26.7 Å². The first-order chi connectivity index (χ1) is 27.0. The maximum absolute atomic E-state index is 15.1. The van der Waals surface area contributed by atoms with Crippen LogP contribution in [0.25, 0.3) is 0 Å². The van der Waals surface area contributed by atoms with E-state index < -0.39 is 51.2 Å². The Morgan fingerprint density at radius 1 is 0.845 bits per heavy atom. The van der Waals surface area contributed by atoms with E-state index in [-0.39, 0.29) is 64.2 Å². The first-order valence-corrected chi connectivity index (χ1v) is 23.8. The van der Waals surface area contributed by atoms with Crippen molar-refractivity contribution < 1.29 is 32.4 Å². The number of nitrogens with zero attached hydrogens (tertiary/aromatic N) is 3. The number of hydrogen-bond acceptors (Lipinski definition) is 8. The third-order valence-corrected chi connectivity index (χ3v) is 18.0. The Morgan fingerprint density at radius 3 is 2.02 bits per heavy atom. The van der Waals surface area contributed by atoms with Gasteiger partial charge in [0.15, 0.2) is 0 Å². The molecule has 0 aromatic rings. The number of carbonyl (C=O) groups excluding carboxylic acids is 5. The van der Waals surface area contributed by atoms with Crippen molar-refractivity contribution in [1.29, 1.82) is 0 Å².